The van der Waals surface area contributed by atoms with Gasteiger partial charge in [-0.15, -0.1) is 0 Å². The zero-order valence-electron chi connectivity index (χ0n) is 19.4. The number of ether oxygens (including phenoxy) is 2. The summed E-state index contributed by atoms with van der Waals surface area (Å²) in [6, 6.07) is 31.3. The summed E-state index contributed by atoms with van der Waals surface area (Å²) in [6.07, 6.45) is 0.614. The number of hydrogen-bond donors (Lipinski definition) is 0. The first-order valence-electron chi connectivity index (χ1n) is 11.4. The average molecular weight is 445 g/mol. The zero-order chi connectivity index (χ0) is 22.8. The molecule has 0 unspecified atom stereocenters. The number of carbonyl (C=O) groups is 1. The molecule has 32 heavy (non-hydrogen) atoms. The molecule has 3 aromatic carbocycles. The molecule has 0 saturated carbocycles. The summed E-state index contributed by atoms with van der Waals surface area (Å²) in [5.41, 5.74) is -0.237. The lowest BCUT2D eigenvalue weighted by atomic mass is 9.86. The van der Waals surface area contributed by atoms with Crippen LogP contribution in [0.5, 0.6) is 0 Å². The van der Waals surface area contributed by atoms with Gasteiger partial charge in [0.2, 0.25) is 0 Å². The van der Waals surface area contributed by atoms with Gasteiger partial charge in [0.15, 0.2) is 13.7 Å². The lowest BCUT2D eigenvalue weighted by Crippen LogP contribution is -2.78. The largest absolute Gasteiger partial charge is 0.464 e. The van der Waals surface area contributed by atoms with Crippen molar-refractivity contribution >= 4 is 24.4 Å². The van der Waals surface area contributed by atoms with E-state index in [-0.39, 0.29) is 16.7 Å². The number of carbonyl (C=O) groups excluding carboxylic acids is 1. The van der Waals surface area contributed by atoms with E-state index in [0.29, 0.717) is 13.0 Å². The van der Waals surface area contributed by atoms with E-state index in [1.807, 2.05) is 37.3 Å². The smallest absolute Gasteiger partial charge is 0.343 e. The molecule has 1 aliphatic rings. The van der Waals surface area contributed by atoms with Gasteiger partial charge in [0.25, 0.3) is 0 Å². The van der Waals surface area contributed by atoms with E-state index in [9.17, 15) is 4.79 Å². The van der Waals surface area contributed by atoms with Crippen LogP contribution in [0.3, 0.4) is 0 Å². The van der Waals surface area contributed by atoms with Gasteiger partial charge < -0.3 is 9.47 Å². The molecule has 3 nitrogen and oxygen atoms in total. The fourth-order valence-electron chi connectivity index (χ4n) is 5.42. The maximum atomic E-state index is 13.2. The van der Waals surface area contributed by atoms with Gasteiger partial charge in [-0.05, 0) is 17.5 Å². The fourth-order valence-corrected chi connectivity index (χ4v) is 11.6. The molecular weight excluding hydrogens is 412 g/mol. The minimum atomic E-state index is -2.49. The van der Waals surface area contributed by atoms with Gasteiger partial charge in [0.1, 0.15) is 0 Å². The number of benzene rings is 3. The second-order valence-electron chi connectivity index (χ2n) is 9.51. The van der Waals surface area contributed by atoms with Crippen molar-refractivity contribution < 1.29 is 14.3 Å². The highest BCUT2D eigenvalue weighted by atomic mass is 28.3. The van der Waals surface area contributed by atoms with Crippen LogP contribution in [0.1, 0.15) is 39.7 Å². The van der Waals surface area contributed by atoms with Crippen molar-refractivity contribution in [1.82, 2.24) is 0 Å². The Hall–Kier alpha value is -2.69. The molecule has 1 fully saturated rings. The lowest BCUT2D eigenvalue weighted by Gasteiger charge is -2.57. The third kappa shape index (κ3) is 3.52. The molecule has 0 aromatic heterocycles. The van der Waals surface area contributed by atoms with E-state index >= 15 is 0 Å². The summed E-state index contributed by atoms with van der Waals surface area (Å²) in [5.74, 6) is -0.291. The second kappa shape index (κ2) is 8.68. The van der Waals surface area contributed by atoms with E-state index in [0.717, 1.165) is 5.56 Å². The minimum absolute atomic E-state index is 0.0438. The Bertz CT molecular complexity index is 997. The van der Waals surface area contributed by atoms with Gasteiger partial charge in [0.05, 0.1) is 12.3 Å². The summed E-state index contributed by atoms with van der Waals surface area (Å²) in [5, 5.41) is 2.61. The predicted octanol–water partition coefficient (Wildman–Crippen LogP) is 4.84. The fraction of sp³-hybridized carbons (Fsp3) is 0.321. The normalized spacial score (nSPS) is 20.9. The van der Waals surface area contributed by atoms with Gasteiger partial charge in [-0.1, -0.05) is 122 Å². The van der Waals surface area contributed by atoms with E-state index in [1.165, 1.54) is 10.4 Å². The van der Waals surface area contributed by atoms with E-state index in [1.54, 1.807) is 0 Å². The van der Waals surface area contributed by atoms with Crippen LogP contribution < -0.4 is 10.4 Å². The van der Waals surface area contributed by atoms with Crippen molar-refractivity contribution in [3.63, 3.8) is 0 Å². The van der Waals surface area contributed by atoms with Crippen LogP contribution in [0.15, 0.2) is 91.0 Å². The highest BCUT2D eigenvalue weighted by Crippen LogP contribution is 2.51. The maximum absolute atomic E-state index is 13.2. The molecule has 0 amide bonds. The topological polar surface area (TPSA) is 35.5 Å². The summed E-state index contributed by atoms with van der Waals surface area (Å²) in [7, 11) is -2.49. The molecule has 1 heterocycles. The molecule has 4 rings (SSSR count). The van der Waals surface area contributed by atoms with Crippen LogP contribution in [0.4, 0.5) is 0 Å². The standard InChI is InChI=1S/C28H32O3Si/c1-5-30-26(29)28(22-15-9-6-10-16-22)21-25(31-28)32(27(2,3)4,23-17-11-7-12-18-23)24-19-13-8-14-20-24/h6-20,25H,5,21H2,1-4H3/t25-,28-/m0/s1. The van der Waals surface area contributed by atoms with Gasteiger partial charge in [-0.2, -0.15) is 0 Å². The van der Waals surface area contributed by atoms with Crippen molar-refractivity contribution in [2.75, 3.05) is 6.61 Å². The average Bonchev–Trinajstić information content (AvgIpc) is 2.77. The molecule has 0 radical (unpaired) electrons. The monoisotopic (exact) mass is 444 g/mol. The molecule has 4 heteroatoms. The first-order valence-corrected chi connectivity index (χ1v) is 13.5. The number of hydrogen-bond acceptors (Lipinski definition) is 3. The molecule has 0 aliphatic carbocycles. The van der Waals surface area contributed by atoms with E-state index < -0.39 is 13.7 Å². The highest BCUT2D eigenvalue weighted by molar-refractivity contribution is 7.05. The Morgan fingerprint density at radius 3 is 1.75 bits per heavy atom. The second-order valence-corrected chi connectivity index (χ2v) is 14.4. The zero-order valence-corrected chi connectivity index (χ0v) is 20.4. The molecule has 0 bridgehead atoms. The van der Waals surface area contributed by atoms with Crippen LogP contribution >= 0.6 is 0 Å². The number of esters is 1. The molecule has 166 valence electrons. The van der Waals surface area contributed by atoms with Crippen molar-refractivity contribution in [3.05, 3.63) is 96.6 Å². The van der Waals surface area contributed by atoms with Crippen molar-refractivity contribution in [1.29, 1.82) is 0 Å². The third-order valence-electron chi connectivity index (χ3n) is 6.79. The first kappa shape index (κ1) is 22.5. The Labute approximate surface area is 192 Å². The summed E-state index contributed by atoms with van der Waals surface area (Å²) < 4.78 is 12.3. The van der Waals surface area contributed by atoms with Crippen LogP contribution in [0.25, 0.3) is 0 Å². The summed E-state index contributed by atoms with van der Waals surface area (Å²) in [4.78, 5) is 13.2. The van der Waals surface area contributed by atoms with Crippen LogP contribution in [-0.2, 0) is 19.9 Å². The van der Waals surface area contributed by atoms with Crippen molar-refractivity contribution in [2.45, 2.75) is 50.5 Å². The lowest BCUT2D eigenvalue weighted by molar-refractivity contribution is -0.215. The van der Waals surface area contributed by atoms with Crippen molar-refractivity contribution in [2.24, 2.45) is 0 Å². The third-order valence-corrected chi connectivity index (χ3v) is 12.9. The summed E-state index contributed by atoms with van der Waals surface area (Å²) in [6.45, 7) is 9.12. The van der Waals surface area contributed by atoms with E-state index in [2.05, 4.69) is 81.4 Å². The molecule has 0 spiro atoms. The SMILES string of the molecule is CCOC(=O)[C@@]1(c2ccccc2)C[C@H]([Si](c2ccccc2)(c2ccccc2)C(C)(C)C)O1. The van der Waals surface area contributed by atoms with Crippen molar-refractivity contribution in [3.8, 4) is 0 Å². The summed E-state index contributed by atoms with van der Waals surface area (Å²) >= 11 is 0. The molecule has 2 atom stereocenters. The van der Waals surface area contributed by atoms with Crippen LogP contribution in [-0.4, -0.2) is 26.4 Å². The molecule has 0 N–H and O–H groups in total. The van der Waals surface area contributed by atoms with Gasteiger partial charge >= 0.3 is 5.97 Å². The Morgan fingerprint density at radius 2 is 1.34 bits per heavy atom. The first-order chi connectivity index (χ1) is 15.4. The quantitative estimate of drug-likeness (QED) is 0.403. The predicted molar refractivity (Wildman–Crippen MR) is 132 cm³/mol. The van der Waals surface area contributed by atoms with Gasteiger partial charge in [-0.25, -0.2) is 4.79 Å². The van der Waals surface area contributed by atoms with Gasteiger partial charge in [0, 0.05) is 6.42 Å². The Morgan fingerprint density at radius 1 is 0.906 bits per heavy atom. The highest BCUT2D eigenvalue weighted by Gasteiger charge is 2.65. The molecule has 1 aliphatic heterocycles. The van der Waals surface area contributed by atoms with E-state index in [4.69, 9.17) is 9.47 Å². The molecular formula is C28H32O3Si. The van der Waals surface area contributed by atoms with Crippen LogP contribution in [0.2, 0.25) is 5.04 Å². The molecule has 3 aromatic rings. The minimum Gasteiger partial charge on any atom is -0.464 e. The Balaban J connectivity index is 1.87. The molecule has 1 saturated heterocycles. The maximum Gasteiger partial charge on any atom is 0.343 e. The Kier molecular flexibility index (Phi) is 6.10. The number of rotatable bonds is 6. The van der Waals surface area contributed by atoms with Gasteiger partial charge in [-0.3, -0.25) is 0 Å². The van der Waals surface area contributed by atoms with Crippen LogP contribution in [0, 0.1) is 0 Å².